The van der Waals surface area contributed by atoms with Crippen LogP contribution in [0, 0.1) is 17.7 Å². The Morgan fingerprint density at radius 2 is 1.84 bits per heavy atom. The number of pyridine rings is 1. The predicted molar refractivity (Wildman–Crippen MR) is 161 cm³/mol. The zero-order valence-corrected chi connectivity index (χ0v) is 26.7. The first kappa shape index (κ1) is 36.9. The number of nitrogens with zero attached hydrogens (tertiary/aromatic N) is 2. The molecule has 0 saturated heterocycles. The fourth-order valence-electron chi connectivity index (χ4n) is 4.57. The van der Waals surface area contributed by atoms with Crippen molar-refractivity contribution in [3.8, 4) is 5.75 Å². The lowest BCUT2D eigenvalue weighted by atomic mass is 9.46. The van der Waals surface area contributed by atoms with Gasteiger partial charge in [0.05, 0.1) is 29.1 Å². The lowest BCUT2D eigenvalue weighted by Crippen LogP contribution is -2.55. The summed E-state index contributed by atoms with van der Waals surface area (Å²) in [4.78, 5) is 30.3. The molecule has 1 aromatic heterocycles. The van der Waals surface area contributed by atoms with Crippen LogP contribution in [0.15, 0.2) is 18.3 Å². The highest BCUT2D eigenvalue weighted by Crippen LogP contribution is 2.37. The fourth-order valence-corrected chi connectivity index (χ4v) is 4.84. The minimum atomic E-state index is -4.88. The van der Waals surface area contributed by atoms with Gasteiger partial charge in [-0.3, -0.25) is 0 Å². The molecule has 0 saturated carbocycles. The third-order valence-corrected chi connectivity index (χ3v) is 6.95. The van der Waals surface area contributed by atoms with E-state index in [1.165, 1.54) is 11.1 Å². The Labute approximate surface area is 260 Å². The average molecular weight is 649 g/mol. The van der Waals surface area contributed by atoms with Gasteiger partial charge in [-0.05, 0) is 63.4 Å². The summed E-state index contributed by atoms with van der Waals surface area (Å²) in [6.45, 7) is 10.9. The SMILES string of the molecule is CC.CCC1CB(NC(=O)Nc2cc(Cl)c(C(F)(F)F)cc2F)c2c(OCCCN(C)C(=O)OC(C)(C)C)cnc(F)c2C1. The van der Waals surface area contributed by atoms with E-state index in [9.17, 15) is 31.5 Å². The highest BCUT2D eigenvalue weighted by Gasteiger charge is 2.37. The summed E-state index contributed by atoms with van der Waals surface area (Å²) in [7, 11) is 1.59. The highest BCUT2D eigenvalue weighted by molar-refractivity contribution is 6.74. The monoisotopic (exact) mass is 648 g/mol. The zero-order chi connectivity index (χ0) is 33.4. The first-order valence-electron chi connectivity index (χ1n) is 14.4. The van der Waals surface area contributed by atoms with Crippen molar-refractivity contribution >= 4 is 41.7 Å². The zero-order valence-electron chi connectivity index (χ0n) is 25.9. The van der Waals surface area contributed by atoms with E-state index in [0.29, 0.717) is 43.7 Å². The molecule has 3 rings (SSSR count). The van der Waals surface area contributed by atoms with Gasteiger partial charge in [-0.1, -0.05) is 38.8 Å². The number of carbonyl (C=O) groups is 2. The largest absolute Gasteiger partial charge is 0.492 e. The molecule has 2 heterocycles. The molecular formula is C29H39BClF5N4O4. The van der Waals surface area contributed by atoms with Gasteiger partial charge in [-0.2, -0.15) is 17.6 Å². The standard InChI is InChI=1S/C27H33BClF5N4O4.C2H6/c1-6-15-10-16-22(21(14-35-23(16)31)41-9-7-8-38(5)25(40)42-26(2,3)4)28(13-15)37-24(39)36-20-12-18(29)17(11-19(20)30)27(32,33)34;1-2/h11-12,14-15H,6-10,13H2,1-5H3,(H2,36,37,39);1-2H3. The molecule has 1 atom stereocenters. The Balaban J connectivity index is 0.00000330. The average Bonchev–Trinajstić information content (AvgIpc) is 2.93. The van der Waals surface area contributed by atoms with Gasteiger partial charge >= 0.3 is 18.3 Å². The number of amides is 3. The van der Waals surface area contributed by atoms with Crippen molar-refractivity contribution in [3.05, 3.63) is 46.2 Å². The minimum Gasteiger partial charge on any atom is -0.492 e. The Morgan fingerprint density at radius 1 is 1.18 bits per heavy atom. The highest BCUT2D eigenvalue weighted by atomic mass is 35.5. The molecule has 0 fully saturated rings. The second-order valence-electron chi connectivity index (χ2n) is 11.1. The lowest BCUT2D eigenvalue weighted by Gasteiger charge is -2.31. The molecule has 1 unspecified atom stereocenters. The number of nitrogens with one attached hydrogen (secondary N) is 2. The van der Waals surface area contributed by atoms with E-state index in [-0.39, 0.29) is 29.9 Å². The summed E-state index contributed by atoms with van der Waals surface area (Å²) in [5.74, 6) is -1.83. The molecule has 0 spiro atoms. The van der Waals surface area contributed by atoms with Crippen LogP contribution in [0.5, 0.6) is 5.75 Å². The molecule has 3 amide bonds. The number of fused-ring (bicyclic) bond motifs is 1. The number of hydrogen-bond donors (Lipinski definition) is 2. The van der Waals surface area contributed by atoms with Gasteiger partial charge in [-0.15, -0.1) is 0 Å². The van der Waals surface area contributed by atoms with Crippen molar-refractivity contribution in [2.75, 3.05) is 25.5 Å². The van der Waals surface area contributed by atoms with E-state index < -0.39 is 58.8 Å². The lowest BCUT2D eigenvalue weighted by molar-refractivity contribution is -0.137. The molecule has 8 nitrogen and oxygen atoms in total. The normalized spacial score (nSPS) is 14.6. The van der Waals surface area contributed by atoms with Gasteiger partial charge in [0.2, 0.25) is 5.95 Å². The summed E-state index contributed by atoms with van der Waals surface area (Å²) in [5.41, 5.74) is -1.93. The third-order valence-electron chi connectivity index (χ3n) is 6.64. The van der Waals surface area contributed by atoms with Crippen LogP contribution >= 0.6 is 11.6 Å². The van der Waals surface area contributed by atoms with Gasteiger partial charge in [0.15, 0.2) is 0 Å². The topological polar surface area (TPSA) is 92.8 Å². The Kier molecular flexibility index (Phi) is 13.1. The van der Waals surface area contributed by atoms with Crippen LogP contribution in [0.25, 0.3) is 0 Å². The maximum absolute atomic E-state index is 14.9. The summed E-state index contributed by atoms with van der Waals surface area (Å²) in [6, 6.07) is -0.0524. The van der Waals surface area contributed by atoms with Gasteiger partial charge in [0.1, 0.15) is 17.2 Å². The molecule has 0 radical (unpaired) electrons. The second-order valence-corrected chi connectivity index (χ2v) is 11.5. The first-order valence-corrected chi connectivity index (χ1v) is 14.8. The quantitative estimate of drug-likeness (QED) is 0.136. The van der Waals surface area contributed by atoms with E-state index in [1.54, 1.807) is 27.8 Å². The predicted octanol–water partition coefficient (Wildman–Crippen LogP) is 7.30. The summed E-state index contributed by atoms with van der Waals surface area (Å²) < 4.78 is 79.6. The molecule has 244 valence electrons. The molecular weight excluding hydrogens is 610 g/mol. The van der Waals surface area contributed by atoms with Crippen LogP contribution in [0.1, 0.15) is 65.5 Å². The Hall–Kier alpha value is -3.29. The smallest absolute Gasteiger partial charge is 0.417 e. The molecule has 0 aliphatic carbocycles. The number of benzene rings is 1. The number of hydrogen-bond acceptors (Lipinski definition) is 5. The van der Waals surface area contributed by atoms with Crippen molar-refractivity contribution in [2.45, 2.75) is 78.9 Å². The number of anilines is 1. The van der Waals surface area contributed by atoms with Crippen molar-refractivity contribution in [3.63, 3.8) is 0 Å². The van der Waals surface area contributed by atoms with Gasteiger partial charge in [0.25, 0.3) is 6.85 Å². The Morgan fingerprint density at radius 3 is 2.43 bits per heavy atom. The summed E-state index contributed by atoms with van der Waals surface area (Å²) in [5, 5.41) is 4.07. The van der Waals surface area contributed by atoms with Crippen LogP contribution < -0.4 is 20.7 Å². The van der Waals surface area contributed by atoms with Crippen LogP contribution in [0.2, 0.25) is 11.3 Å². The maximum atomic E-state index is 14.9. The van der Waals surface area contributed by atoms with Crippen LogP contribution in [-0.2, 0) is 17.3 Å². The van der Waals surface area contributed by atoms with E-state index in [0.717, 1.165) is 0 Å². The first-order chi connectivity index (χ1) is 20.5. The molecule has 1 aliphatic rings. The number of carbonyl (C=O) groups excluding carboxylic acids is 2. The second kappa shape index (κ2) is 15.6. The van der Waals surface area contributed by atoms with Gasteiger partial charge in [-0.25, -0.2) is 19.0 Å². The molecule has 2 N–H and O–H groups in total. The van der Waals surface area contributed by atoms with Gasteiger partial charge in [0, 0.05) is 19.2 Å². The van der Waals surface area contributed by atoms with Crippen LogP contribution in [0.4, 0.5) is 37.2 Å². The van der Waals surface area contributed by atoms with E-state index in [1.807, 2.05) is 20.8 Å². The number of rotatable bonds is 8. The number of urea groups is 1. The number of ether oxygens (including phenoxy) is 2. The van der Waals surface area contributed by atoms with Crippen molar-refractivity contribution in [1.82, 2.24) is 15.1 Å². The molecule has 2 aromatic rings. The third kappa shape index (κ3) is 10.1. The fraction of sp³-hybridized carbons (Fsp3) is 0.552. The van der Waals surface area contributed by atoms with E-state index in [4.69, 9.17) is 21.1 Å². The van der Waals surface area contributed by atoms with Crippen molar-refractivity contribution in [1.29, 1.82) is 0 Å². The maximum Gasteiger partial charge on any atom is 0.417 e. The number of aromatic nitrogens is 1. The van der Waals surface area contributed by atoms with Crippen LogP contribution in [-0.4, -0.2) is 54.7 Å². The van der Waals surface area contributed by atoms with Crippen molar-refractivity contribution in [2.24, 2.45) is 5.92 Å². The number of alkyl halides is 3. The van der Waals surface area contributed by atoms with Crippen LogP contribution in [0.3, 0.4) is 0 Å². The Bertz CT molecular complexity index is 1310. The summed E-state index contributed by atoms with van der Waals surface area (Å²) in [6.07, 6.45) is -2.33. The molecule has 44 heavy (non-hydrogen) atoms. The van der Waals surface area contributed by atoms with Gasteiger partial charge < -0.3 is 24.9 Å². The van der Waals surface area contributed by atoms with Crippen molar-refractivity contribution < 1.29 is 41.0 Å². The van der Waals surface area contributed by atoms with E-state index >= 15 is 0 Å². The van der Waals surface area contributed by atoms with E-state index in [2.05, 4.69) is 15.5 Å². The number of halogens is 6. The minimum absolute atomic E-state index is 0.0194. The molecule has 1 aliphatic heterocycles. The molecule has 15 heteroatoms. The summed E-state index contributed by atoms with van der Waals surface area (Å²) >= 11 is 5.68. The molecule has 1 aromatic carbocycles. The molecule has 0 bridgehead atoms.